The van der Waals surface area contributed by atoms with Crippen LogP contribution in [-0.4, -0.2) is 11.6 Å². The number of halogens is 3. The number of hydrogen-bond donors (Lipinski definition) is 1. The van der Waals surface area contributed by atoms with Gasteiger partial charge >= 0.3 is 0 Å². The molecule has 0 amide bonds. The number of aromatic nitrogens is 1. The summed E-state index contributed by atoms with van der Waals surface area (Å²) in [5.41, 5.74) is 0.820. The topological polar surface area (TPSA) is 24.1 Å². The molecule has 1 heterocycles. The number of pyridine rings is 1. The lowest BCUT2D eigenvalue weighted by Gasteiger charge is -2.13. The Kier molecular flexibility index (Phi) is 7.28. The van der Waals surface area contributed by atoms with Crippen molar-refractivity contribution in [3.05, 3.63) is 59.2 Å². The second kappa shape index (κ2) is 9.25. The van der Waals surface area contributed by atoms with Crippen LogP contribution in [0.3, 0.4) is 0 Å². The highest BCUT2D eigenvalue weighted by Crippen LogP contribution is 2.39. The Morgan fingerprint density at radius 3 is 2.48 bits per heavy atom. The first-order valence-corrected chi connectivity index (χ1v) is 9.52. The van der Waals surface area contributed by atoms with Gasteiger partial charge in [-0.15, -0.1) is 6.58 Å². The summed E-state index contributed by atoms with van der Waals surface area (Å²) in [6, 6.07) is 3.27. The first-order chi connectivity index (χ1) is 12.8. The average molecular weight is 380 g/mol. The Morgan fingerprint density at radius 2 is 2.00 bits per heavy atom. The third kappa shape index (κ3) is 5.24. The molecule has 0 saturated heterocycles. The fraction of sp³-hybridized carbons (Fsp3) is 0.500. The van der Waals surface area contributed by atoms with Gasteiger partial charge in [0.1, 0.15) is 5.83 Å². The highest BCUT2D eigenvalue weighted by Gasteiger charge is 2.30. The smallest absolute Gasteiger partial charge is 0.260 e. The summed E-state index contributed by atoms with van der Waals surface area (Å²) in [6.07, 6.45) is 4.80. The number of rotatable bonds is 9. The zero-order valence-corrected chi connectivity index (χ0v) is 16.3. The van der Waals surface area contributed by atoms with E-state index in [4.69, 9.17) is 0 Å². The van der Waals surface area contributed by atoms with E-state index in [0.29, 0.717) is 23.6 Å². The minimum absolute atomic E-state index is 0.0256. The second-order valence-electron chi connectivity index (χ2n) is 7.41. The van der Waals surface area contributed by atoms with Gasteiger partial charge in [0.15, 0.2) is 0 Å². The van der Waals surface area contributed by atoms with Gasteiger partial charge in [0.05, 0.1) is 11.5 Å². The molecule has 2 nitrogen and oxygen atoms in total. The van der Waals surface area contributed by atoms with Crippen molar-refractivity contribution < 1.29 is 23.1 Å². The monoisotopic (exact) mass is 380 g/mol. The molecule has 1 aliphatic carbocycles. The molecule has 5 heteroatoms. The SMILES string of the molecule is C=CC(CC1CC1)c1ccc(C(/C(F)=C(\C)CCC)=C(/C)C(F)F)c[n+]1O. The zero-order valence-electron chi connectivity index (χ0n) is 16.3. The van der Waals surface area contributed by atoms with Crippen molar-refractivity contribution in [3.63, 3.8) is 0 Å². The number of nitrogens with zero attached hydrogens (tertiary/aromatic N) is 1. The lowest BCUT2D eigenvalue weighted by molar-refractivity contribution is -0.910. The van der Waals surface area contributed by atoms with E-state index in [-0.39, 0.29) is 22.6 Å². The van der Waals surface area contributed by atoms with Gasteiger partial charge in [-0.05, 0) is 44.2 Å². The molecule has 0 aliphatic heterocycles. The van der Waals surface area contributed by atoms with E-state index in [1.165, 1.54) is 26.0 Å². The fourth-order valence-corrected chi connectivity index (χ4v) is 3.33. The summed E-state index contributed by atoms with van der Waals surface area (Å²) >= 11 is 0. The molecule has 27 heavy (non-hydrogen) atoms. The quantitative estimate of drug-likeness (QED) is 0.229. The van der Waals surface area contributed by atoms with Crippen LogP contribution in [0.25, 0.3) is 5.57 Å². The Morgan fingerprint density at radius 1 is 1.33 bits per heavy atom. The average Bonchev–Trinajstić information content (AvgIpc) is 3.44. The molecular weight excluding hydrogens is 351 g/mol. The number of hydrogen-bond acceptors (Lipinski definition) is 1. The van der Waals surface area contributed by atoms with Gasteiger partial charge in [-0.3, -0.25) is 5.21 Å². The Bertz CT molecular complexity index is 748. The lowest BCUT2D eigenvalue weighted by atomic mass is 9.94. The van der Waals surface area contributed by atoms with Crippen LogP contribution in [0.2, 0.25) is 0 Å². The fourth-order valence-electron chi connectivity index (χ4n) is 3.33. The van der Waals surface area contributed by atoms with E-state index < -0.39 is 12.3 Å². The molecule has 1 fully saturated rings. The van der Waals surface area contributed by atoms with Gasteiger partial charge in [0.2, 0.25) is 11.9 Å². The molecule has 148 valence electrons. The molecule has 1 saturated carbocycles. The van der Waals surface area contributed by atoms with Crippen LogP contribution in [0.15, 0.2) is 48.0 Å². The van der Waals surface area contributed by atoms with E-state index in [1.807, 2.05) is 6.92 Å². The van der Waals surface area contributed by atoms with Crippen molar-refractivity contribution in [2.75, 3.05) is 0 Å². The normalized spacial score (nSPS) is 17.4. The minimum atomic E-state index is -2.78. The van der Waals surface area contributed by atoms with E-state index in [2.05, 4.69) is 6.58 Å². The maximum atomic E-state index is 15.0. The van der Waals surface area contributed by atoms with Crippen LogP contribution < -0.4 is 4.73 Å². The van der Waals surface area contributed by atoms with Gasteiger partial charge < -0.3 is 0 Å². The third-order valence-corrected chi connectivity index (χ3v) is 5.14. The van der Waals surface area contributed by atoms with Crippen LogP contribution in [0.1, 0.15) is 70.1 Å². The molecule has 1 aromatic heterocycles. The zero-order chi connectivity index (χ0) is 20.1. The van der Waals surface area contributed by atoms with Crippen LogP contribution in [0, 0.1) is 5.92 Å². The third-order valence-electron chi connectivity index (χ3n) is 5.14. The molecular formula is C22H29F3NO+. The molecule has 1 aromatic rings. The second-order valence-corrected chi connectivity index (χ2v) is 7.41. The Labute approximate surface area is 159 Å². The van der Waals surface area contributed by atoms with Crippen molar-refractivity contribution in [1.82, 2.24) is 0 Å². The minimum Gasteiger partial charge on any atom is -0.285 e. The van der Waals surface area contributed by atoms with Crippen molar-refractivity contribution >= 4 is 5.57 Å². The Hall–Kier alpha value is -2.04. The Balaban J connectivity index is 2.47. The first kappa shape index (κ1) is 21.3. The molecule has 0 aromatic carbocycles. The van der Waals surface area contributed by atoms with Gasteiger partial charge in [0.25, 0.3) is 6.43 Å². The molecule has 1 aliphatic rings. The molecule has 0 radical (unpaired) electrons. The van der Waals surface area contributed by atoms with E-state index in [9.17, 15) is 18.4 Å². The van der Waals surface area contributed by atoms with E-state index in [0.717, 1.165) is 17.6 Å². The van der Waals surface area contributed by atoms with Gasteiger partial charge in [-0.1, -0.05) is 32.3 Å². The van der Waals surface area contributed by atoms with Gasteiger partial charge in [-0.25, -0.2) is 13.2 Å². The molecule has 2 rings (SSSR count). The standard InChI is InChI=1S/C22H29F3NO/c1-5-7-14(3)21(23)20(15(4)22(24)25)18-10-11-19(26(27)13-18)17(6-2)12-16-8-9-16/h6,10-11,13,16-17,22,27H,2,5,7-9,12H2,1,3-4H3/q+1/b20-15+,21-14-. The van der Waals surface area contributed by atoms with Crippen LogP contribution >= 0.6 is 0 Å². The van der Waals surface area contributed by atoms with E-state index >= 15 is 0 Å². The molecule has 1 unspecified atom stereocenters. The van der Waals surface area contributed by atoms with Crippen molar-refractivity contribution in [3.8, 4) is 0 Å². The molecule has 1 atom stereocenters. The predicted octanol–water partition coefficient (Wildman–Crippen LogP) is 6.36. The molecule has 1 N–H and O–H groups in total. The summed E-state index contributed by atoms with van der Waals surface area (Å²) in [5.74, 6) is -0.0238. The molecule has 0 spiro atoms. The highest BCUT2D eigenvalue weighted by molar-refractivity contribution is 5.79. The summed E-state index contributed by atoms with van der Waals surface area (Å²) in [6.45, 7) is 8.59. The predicted molar refractivity (Wildman–Crippen MR) is 101 cm³/mol. The van der Waals surface area contributed by atoms with Crippen LogP contribution in [0.5, 0.6) is 0 Å². The summed E-state index contributed by atoms with van der Waals surface area (Å²) < 4.78 is 42.6. The summed E-state index contributed by atoms with van der Waals surface area (Å²) in [7, 11) is 0. The maximum absolute atomic E-state index is 15.0. The van der Waals surface area contributed by atoms with Crippen molar-refractivity contribution in [1.29, 1.82) is 0 Å². The number of allylic oxidation sites excluding steroid dienone is 5. The van der Waals surface area contributed by atoms with Gasteiger partial charge in [0, 0.05) is 21.9 Å². The van der Waals surface area contributed by atoms with Crippen LogP contribution in [0.4, 0.5) is 13.2 Å². The highest BCUT2D eigenvalue weighted by atomic mass is 19.3. The van der Waals surface area contributed by atoms with Crippen molar-refractivity contribution in [2.24, 2.45) is 5.92 Å². The maximum Gasteiger partial charge on any atom is 0.260 e. The summed E-state index contributed by atoms with van der Waals surface area (Å²) in [5, 5.41) is 10.4. The van der Waals surface area contributed by atoms with Crippen molar-refractivity contribution in [2.45, 2.75) is 65.2 Å². The lowest BCUT2D eigenvalue weighted by Crippen LogP contribution is -2.36. The molecule has 0 bridgehead atoms. The van der Waals surface area contributed by atoms with Gasteiger partial charge in [-0.2, -0.15) is 0 Å². The first-order valence-electron chi connectivity index (χ1n) is 9.52. The summed E-state index contributed by atoms with van der Waals surface area (Å²) in [4.78, 5) is 0. The number of alkyl halides is 2. The van der Waals surface area contributed by atoms with Crippen LogP contribution in [-0.2, 0) is 0 Å². The van der Waals surface area contributed by atoms with E-state index in [1.54, 1.807) is 25.1 Å². The largest absolute Gasteiger partial charge is 0.285 e.